The van der Waals surface area contributed by atoms with Crippen LogP contribution in [0.15, 0.2) is 16.7 Å². The van der Waals surface area contributed by atoms with E-state index in [1.807, 2.05) is 20.8 Å². The number of carboxylic acids is 1. The van der Waals surface area contributed by atoms with Crippen molar-refractivity contribution in [1.82, 2.24) is 5.32 Å². The van der Waals surface area contributed by atoms with Gasteiger partial charge in [-0.2, -0.15) is 0 Å². The first kappa shape index (κ1) is 15.3. The number of carbonyl (C=O) groups excluding carboxylic acids is 1. The molecule has 1 atom stereocenters. The number of aliphatic carboxylic acids is 1. The SMILES string of the molecule is Cc1occc1C(=O)NC(CCC(C)(C)C)C(=O)O. The van der Waals surface area contributed by atoms with Crippen LogP contribution in [0.1, 0.15) is 49.7 Å². The molecule has 0 aliphatic carbocycles. The third-order valence-electron chi connectivity index (χ3n) is 2.89. The van der Waals surface area contributed by atoms with Crippen molar-refractivity contribution in [3.05, 3.63) is 23.7 Å². The normalized spacial score (nSPS) is 13.1. The molecule has 2 N–H and O–H groups in total. The lowest BCUT2D eigenvalue weighted by molar-refractivity contribution is -0.139. The highest BCUT2D eigenvalue weighted by molar-refractivity contribution is 5.97. The van der Waals surface area contributed by atoms with Crippen LogP contribution in [-0.4, -0.2) is 23.0 Å². The largest absolute Gasteiger partial charge is 0.480 e. The Morgan fingerprint density at radius 2 is 2.05 bits per heavy atom. The van der Waals surface area contributed by atoms with E-state index in [1.54, 1.807) is 6.92 Å². The molecule has 5 heteroatoms. The standard InChI is InChI=1S/C14H21NO4/c1-9-10(6-8-19-9)12(16)15-11(13(17)18)5-7-14(2,3)4/h6,8,11H,5,7H2,1-4H3,(H,15,16)(H,17,18). The molecular formula is C14H21NO4. The maximum absolute atomic E-state index is 11.9. The molecule has 0 bridgehead atoms. The van der Waals surface area contributed by atoms with Gasteiger partial charge in [0.1, 0.15) is 11.8 Å². The molecule has 1 heterocycles. The molecule has 0 radical (unpaired) electrons. The first-order valence-corrected chi connectivity index (χ1v) is 6.28. The lowest BCUT2D eigenvalue weighted by atomic mass is 9.88. The monoisotopic (exact) mass is 267 g/mol. The van der Waals surface area contributed by atoms with Gasteiger partial charge in [-0.15, -0.1) is 0 Å². The Balaban J connectivity index is 2.67. The number of furan rings is 1. The van der Waals surface area contributed by atoms with E-state index in [4.69, 9.17) is 9.52 Å². The van der Waals surface area contributed by atoms with Gasteiger partial charge in [0.25, 0.3) is 5.91 Å². The quantitative estimate of drug-likeness (QED) is 0.859. The Morgan fingerprint density at radius 1 is 1.42 bits per heavy atom. The highest BCUT2D eigenvalue weighted by atomic mass is 16.4. The van der Waals surface area contributed by atoms with Crippen molar-refractivity contribution < 1.29 is 19.1 Å². The molecule has 0 aliphatic rings. The van der Waals surface area contributed by atoms with E-state index in [-0.39, 0.29) is 5.41 Å². The van der Waals surface area contributed by atoms with Crippen LogP contribution in [0.3, 0.4) is 0 Å². The van der Waals surface area contributed by atoms with Gasteiger partial charge in [-0.05, 0) is 31.2 Å². The molecule has 0 aliphatic heterocycles. The van der Waals surface area contributed by atoms with Crippen LogP contribution < -0.4 is 5.32 Å². The molecule has 1 aromatic rings. The van der Waals surface area contributed by atoms with Crippen LogP contribution in [0.25, 0.3) is 0 Å². The molecule has 1 aromatic heterocycles. The number of carboxylic acid groups (broad SMARTS) is 1. The second kappa shape index (κ2) is 5.91. The summed E-state index contributed by atoms with van der Waals surface area (Å²) in [5.74, 6) is -0.941. The molecule has 1 unspecified atom stereocenters. The summed E-state index contributed by atoms with van der Waals surface area (Å²) < 4.78 is 5.03. The molecule has 1 amide bonds. The minimum atomic E-state index is -1.02. The van der Waals surface area contributed by atoms with E-state index in [0.29, 0.717) is 24.2 Å². The van der Waals surface area contributed by atoms with Gasteiger partial charge in [-0.25, -0.2) is 4.79 Å². The summed E-state index contributed by atoms with van der Waals surface area (Å²) in [6, 6.07) is 0.661. The summed E-state index contributed by atoms with van der Waals surface area (Å²) in [7, 11) is 0. The molecule has 0 saturated heterocycles. The highest BCUT2D eigenvalue weighted by Crippen LogP contribution is 2.22. The van der Waals surface area contributed by atoms with Gasteiger partial charge in [0.2, 0.25) is 0 Å². The number of hydrogen-bond donors (Lipinski definition) is 2. The third-order valence-corrected chi connectivity index (χ3v) is 2.89. The minimum absolute atomic E-state index is 0.0317. The summed E-state index contributed by atoms with van der Waals surface area (Å²) in [6.07, 6.45) is 2.53. The molecule has 0 aromatic carbocycles. The van der Waals surface area contributed by atoms with E-state index >= 15 is 0 Å². The molecule has 0 saturated carbocycles. The van der Waals surface area contributed by atoms with Crippen LogP contribution >= 0.6 is 0 Å². The molecular weight excluding hydrogens is 246 g/mol. The first-order valence-electron chi connectivity index (χ1n) is 6.28. The van der Waals surface area contributed by atoms with Crippen molar-refractivity contribution >= 4 is 11.9 Å². The van der Waals surface area contributed by atoms with E-state index < -0.39 is 17.9 Å². The molecule has 1 rings (SSSR count). The van der Waals surface area contributed by atoms with E-state index in [2.05, 4.69) is 5.32 Å². The van der Waals surface area contributed by atoms with Gasteiger partial charge in [0.15, 0.2) is 0 Å². The number of amides is 1. The van der Waals surface area contributed by atoms with Gasteiger partial charge in [0.05, 0.1) is 11.8 Å². The number of hydrogen-bond acceptors (Lipinski definition) is 3. The fourth-order valence-corrected chi connectivity index (χ4v) is 1.69. The third kappa shape index (κ3) is 4.77. The zero-order chi connectivity index (χ0) is 14.6. The van der Waals surface area contributed by atoms with Crippen molar-refractivity contribution in [1.29, 1.82) is 0 Å². The second-order valence-electron chi connectivity index (χ2n) is 5.85. The molecule has 0 fully saturated rings. The smallest absolute Gasteiger partial charge is 0.326 e. The molecule has 106 valence electrons. The van der Waals surface area contributed by atoms with Crippen molar-refractivity contribution in [2.75, 3.05) is 0 Å². The van der Waals surface area contributed by atoms with Crippen LogP contribution in [-0.2, 0) is 4.79 Å². The number of carbonyl (C=O) groups is 2. The Kier molecular flexibility index (Phi) is 4.75. The van der Waals surface area contributed by atoms with Gasteiger partial charge < -0.3 is 14.8 Å². The van der Waals surface area contributed by atoms with Gasteiger partial charge in [-0.3, -0.25) is 4.79 Å². The average molecular weight is 267 g/mol. The fraction of sp³-hybridized carbons (Fsp3) is 0.571. The average Bonchev–Trinajstić information content (AvgIpc) is 2.68. The fourth-order valence-electron chi connectivity index (χ4n) is 1.69. The summed E-state index contributed by atoms with van der Waals surface area (Å²) in [5.41, 5.74) is 0.409. The molecule has 0 spiro atoms. The van der Waals surface area contributed by atoms with Gasteiger partial charge >= 0.3 is 5.97 Å². The molecule has 5 nitrogen and oxygen atoms in total. The predicted molar refractivity (Wildman–Crippen MR) is 71.0 cm³/mol. The maximum Gasteiger partial charge on any atom is 0.326 e. The summed E-state index contributed by atoms with van der Waals surface area (Å²) in [5, 5.41) is 11.7. The second-order valence-corrected chi connectivity index (χ2v) is 5.85. The van der Waals surface area contributed by atoms with Crippen molar-refractivity contribution in [2.45, 2.75) is 46.6 Å². The van der Waals surface area contributed by atoms with Crippen molar-refractivity contribution in [3.63, 3.8) is 0 Å². The van der Waals surface area contributed by atoms with Crippen LogP contribution in [0.5, 0.6) is 0 Å². The molecule has 19 heavy (non-hydrogen) atoms. The maximum atomic E-state index is 11.9. The minimum Gasteiger partial charge on any atom is -0.480 e. The highest BCUT2D eigenvalue weighted by Gasteiger charge is 2.24. The lowest BCUT2D eigenvalue weighted by Crippen LogP contribution is -2.41. The Hall–Kier alpha value is -1.78. The zero-order valence-corrected chi connectivity index (χ0v) is 11.8. The number of nitrogens with one attached hydrogen (secondary N) is 1. The number of aryl methyl sites for hydroxylation is 1. The van der Waals surface area contributed by atoms with Crippen LogP contribution in [0.4, 0.5) is 0 Å². The summed E-state index contributed by atoms with van der Waals surface area (Å²) in [6.45, 7) is 7.77. The van der Waals surface area contributed by atoms with Crippen LogP contribution in [0, 0.1) is 12.3 Å². The van der Waals surface area contributed by atoms with Gasteiger partial charge in [-0.1, -0.05) is 20.8 Å². The van der Waals surface area contributed by atoms with Crippen molar-refractivity contribution in [2.24, 2.45) is 5.41 Å². The Bertz CT molecular complexity index is 456. The zero-order valence-electron chi connectivity index (χ0n) is 11.8. The summed E-state index contributed by atoms with van der Waals surface area (Å²) >= 11 is 0. The Morgan fingerprint density at radius 3 is 2.47 bits per heavy atom. The van der Waals surface area contributed by atoms with E-state index in [9.17, 15) is 9.59 Å². The lowest BCUT2D eigenvalue weighted by Gasteiger charge is -2.21. The Labute approximate surface area is 113 Å². The van der Waals surface area contributed by atoms with E-state index in [1.165, 1.54) is 12.3 Å². The van der Waals surface area contributed by atoms with Crippen molar-refractivity contribution in [3.8, 4) is 0 Å². The van der Waals surface area contributed by atoms with Gasteiger partial charge in [0, 0.05) is 0 Å². The first-order chi connectivity index (χ1) is 8.70. The van der Waals surface area contributed by atoms with E-state index in [0.717, 1.165) is 0 Å². The topological polar surface area (TPSA) is 79.5 Å². The number of rotatable bonds is 5. The predicted octanol–water partition coefficient (Wildman–Crippen LogP) is 2.60. The van der Waals surface area contributed by atoms with Crippen LogP contribution in [0.2, 0.25) is 0 Å². The summed E-state index contributed by atoms with van der Waals surface area (Å²) in [4.78, 5) is 23.1.